The molecule has 0 saturated carbocycles. The van der Waals surface area contributed by atoms with Gasteiger partial charge >= 0.3 is 0 Å². The topological polar surface area (TPSA) is 50.4 Å². The van der Waals surface area contributed by atoms with Crippen molar-refractivity contribution in [3.8, 4) is 5.75 Å². The van der Waals surface area contributed by atoms with Crippen LogP contribution in [0.1, 0.15) is 17.5 Å². The second-order valence-corrected chi connectivity index (χ2v) is 4.06. The highest BCUT2D eigenvalue weighted by atomic mass is 16.3. The van der Waals surface area contributed by atoms with Crippen LogP contribution in [0, 0.1) is 0 Å². The Morgan fingerprint density at radius 1 is 1.18 bits per heavy atom. The number of phenolic OH excluding ortho intramolecular Hbond substituents is 1. The predicted octanol–water partition coefficient (Wildman–Crippen LogP) is 3.49. The Bertz CT molecular complexity index is 738. The molecule has 3 rings (SSSR count). The number of fused-ring (bicyclic) bond motifs is 2. The normalized spacial score (nSPS) is 11.1. The number of rotatable bonds is 1. The Morgan fingerprint density at radius 3 is 2.76 bits per heavy atom. The Labute approximate surface area is 97.3 Å². The highest BCUT2D eigenvalue weighted by Crippen LogP contribution is 2.30. The van der Waals surface area contributed by atoms with Crippen LogP contribution in [0.5, 0.6) is 5.75 Å². The minimum absolute atomic E-state index is 0.102. The average molecular weight is 226 g/mol. The van der Waals surface area contributed by atoms with E-state index in [9.17, 15) is 9.90 Å². The summed E-state index contributed by atoms with van der Waals surface area (Å²) in [5.41, 5.74) is 0.660. The van der Waals surface area contributed by atoms with Crippen LogP contribution in [0.4, 0.5) is 0 Å². The van der Waals surface area contributed by atoms with Crippen molar-refractivity contribution < 1.29 is 14.3 Å². The molecular formula is C14H10O3. The van der Waals surface area contributed by atoms with E-state index < -0.39 is 0 Å². The first-order valence-electron chi connectivity index (χ1n) is 5.31. The van der Waals surface area contributed by atoms with Gasteiger partial charge in [0.15, 0.2) is 11.5 Å². The molecule has 3 aromatic rings. The molecule has 3 heteroatoms. The van der Waals surface area contributed by atoms with Crippen LogP contribution in [0.3, 0.4) is 0 Å². The summed E-state index contributed by atoms with van der Waals surface area (Å²) in [5.74, 6) is 0.472. The van der Waals surface area contributed by atoms with Gasteiger partial charge in [-0.15, -0.1) is 0 Å². The van der Waals surface area contributed by atoms with Crippen molar-refractivity contribution in [3.63, 3.8) is 0 Å². The third-order valence-electron chi connectivity index (χ3n) is 2.84. The van der Waals surface area contributed by atoms with Gasteiger partial charge in [-0.25, -0.2) is 0 Å². The Hall–Kier alpha value is -2.29. The van der Waals surface area contributed by atoms with Crippen molar-refractivity contribution >= 4 is 27.5 Å². The van der Waals surface area contributed by atoms with Crippen molar-refractivity contribution in [1.82, 2.24) is 0 Å². The van der Waals surface area contributed by atoms with Crippen molar-refractivity contribution in [2.75, 3.05) is 0 Å². The summed E-state index contributed by atoms with van der Waals surface area (Å²) in [6.45, 7) is 1.47. The zero-order chi connectivity index (χ0) is 12.0. The van der Waals surface area contributed by atoms with E-state index >= 15 is 0 Å². The fourth-order valence-electron chi connectivity index (χ4n) is 1.97. The Balaban J connectivity index is 2.40. The number of carbonyl (C=O) groups is 1. The molecule has 0 aliphatic carbocycles. The lowest BCUT2D eigenvalue weighted by atomic mass is 10.1. The van der Waals surface area contributed by atoms with Crippen LogP contribution in [-0.2, 0) is 0 Å². The molecule has 0 saturated heterocycles. The predicted molar refractivity (Wildman–Crippen MR) is 65.4 cm³/mol. The van der Waals surface area contributed by atoms with E-state index in [2.05, 4.69) is 0 Å². The van der Waals surface area contributed by atoms with Crippen LogP contribution >= 0.6 is 0 Å². The number of hydrogen-bond acceptors (Lipinski definition) is 3. The molecule has 17 heavy (non-hydrogen) atoms. The van der Waals surface area contributed by atoms with Crippen molar-refractivity contribution in [2.45, 2.75) is 6.92 Å². The molecular weight excluding hydrogens is 216 g/mol. The molecule has 1 aromatic heterocycles. The maximum absolute atomic E-state index is 11.2. The van der Waals surface area contributed by atoms with Crippen LogP contribution in [0.15, 0.2) is 40.8 Å². The number of ketones is 1. The number of furan rings is 1. The van der Waals surface area contributed by atoms with Gasteiger partial charge in [0.25, 0.3) is 0 Å². The van der Waals surface area contributed by atoms with Gasteiger partial charge in [-0.1, -0.05) is 12.1 Å². The molecule has 0 unspecified atom stereocenters. The van der Waals surface area contributed by atoms with E-state index in [-0.39, 0.29) is 11.5 Å². The van der Waals surface area contributed by atoms with Gasteiger partial charge in [0.2, 0.25) is 0 Å². The molecule has 1 heterocycles. The minimum atomic E-state index is -0.102. The summed E-state index contributed by atoms with van der Waals surface area (Å²) < 4.78 is 5.45. The number of phenols is 1. The van der Waals surface area contributed by atoms with Crippen LogP contribution in [-0.4, -0.2) is 10.9 Å². The van der Waals surface area contributed by atoms with Gasteiger partial charge in [0.05, 0.1) is 0 Å². The summed E-state index contributed by atoms with van der Waals surface area (Å²) in [4.78, 5) is 11.2. The van der Waals surface area contributed by atoms with Gasteiger partial charge in [0.1, 0.15) is 11.3 Å². The van der Waals surface area contributed by atoms with Crippen molar-refractivity contribution in [2.24, 2.45) is 0 Å². The molecule has 0 amide bonds. The van der Waals surface area contributed by atoms with Gasteiger partial charge in [-0.3, -0.25) is 4.79 Å². The molecule has 0 radical (unpaired) electrons. The SMILES string of the molecule is CC(=O)c1cc2cc3c(O)cccc3cc2o1. The smallest absolute Gasteiger partial charge is 0.194 e. The molecule has 0 bridgehead atoms. The van der Waals surface area contributed by atoms with Gasteiger partial charge in [0, 0.05) is 17.7 Å². The maximum Gasteiger partial charge on any atom is 0.194 e. The zero-order valence-corrected chi connectivity index (χ0v) is 9.23. The van der Waals surface area contributed by atoms with E-state index in [1.165, 1.54) is 6.92 Å². The fourth-order valence-corrected chi connectivity index (χ4v) is 1.97. The average Bonchev–Trinajstić information content (AvgIpc) is 2.70. The molecule has 0 atom stereocenters. The molecule has 0 spiro atoms. The number of aromatic hydroxyl groups is 1. The summed E-state index contributed by atoms with van der Waals surface area (Å²) in [5, 5.41) is 12.2. The van der Waals surface area contributed by atoms with Gasteiger partial charge < -0.3 is 9.52 Å². The molecule has 1 N–H and O–H groups in total. The highest BCUT2D eigenvalue weighted by molar-refractivity contribution is 6.02. The third kappa shape index (κ3) is 1.47. The Kier molecular flexibility index (Phi) is 1.95. The quantitative estimate of drug-likeness (QED) is 0.646. The standard InChI is InChI=1S/C14H10O3/c1-8(15)13-7-10-5-11-9(6-14(10)17-13)3-2-4-12(11)16/h2-7,16H,1H3. The van der Waals surface area contributed by atoms with Gasteiger partial charge in [-0.2, -0.15) is 0 Å². The largest absolute Gasteiger partial charge is 0.507 e. The lowest BCUT2D eigenvalue weighted by Crippen LogP contribution is -1.85. The summed E-state index contributed by atoms with van der Waals surface area (Å²) in [6, 6.07) is 10.7. The van der Waals surface area contributed by atoms with Crippen molar-refractivity contribution in [1.29, 1.82) is 0 Å². The van der Waals surface area contributed by atoms with E-state index in [1.807, 2.05) is 18.2 Å². The first-order chi connectivity index (χ1) is 8.15. The summed E-state index contributed by atoms with van der Waals surface area (Å²) in [7, 11) is 0. The number of Topliss-reactive ketones (excluding diaryl/α,β-unsaturated/α-hetero) is 1. The number of carbonyl (C=O) groups excluding carboxylic acids is 1. The summed E-state index contributed by atoms with van der Waals surface area (Å²) >= 11 is 0. The van der Waals surface area contributed by atoms with E-state index in [4.69, 9.17) is 4.42 Å². The molecule has 3 nitrogen and oxygen atoms in total. The number of hydrogen-bond donors (Lipinski definition) is 1. The lowest BCUT2D eigenvalue weighted by Gasteiger charge is -1.99. The highest BCUT2D eigenvalue weighted by Gasteiger charge is 2.09. The van der Waals surface area contributed by atoms with E-state index in [1.54, 1.807) is 18.2 Å². The molecule has 2 aromatic carbocycles. The van der Waals surface area contributed by atoms with Crippen LogP contribution in [0.25, 0.3) is 21.7 Å². The zero-order valence-electron chi connectivity index (χ0n) is 9.23. The maximum atomic E-state index is 11.2. The first-order valence-corrected chi connectivity index (χ1v) is 5.31. The van der Waals surface area contributed by atoms with Crippen molar-refractivity contribution in [3.05, 3.63) is 42.2 Å². The Morgan fingerprint density at radius 2 is 2.00 bits per heavy atom. The third-order valence-corrected chi connectivity index (χ3v) is 2.84. The fraction of sp³-hybridized carbons (Fsp3) is 0.0714. The molecule has 84 valence electrons. The number of benzene rings is 2. The van der Waals surface area contributed by atoms with E-state index in [0.717, 1.165) is 16.2 Å². The second-order valence-electron chi connectivity index (χ2n) is 4.06. The molecule has 0 aliphatic rings. The van der Waals surface area contributed by atoms with Crippen LogP contribution < -0.4 is 0 Å². The monoisotopic (exact) mass is 226 g/mol. The van der Waals surface area contributed by atoms with E-state index in [0.29, 0.717) is 11.3 Å². The molecule has 0 aliphatic heterocycles. The van der Waals surface area contributed by atoms with Crippen LogP contribution in [0.2, 0.25) is 0 Å². The summed E-state index contributed by atoms with van der Waals surface area (Å²) in [6.07, 6.45) is 0. The lowest BCUT2D eigenvalue weighted by molar-refractivity contribution is 0.0989. The first kappa shape index (κ1) is 9.90. The molecule has 0 fully saturated rings. The van der Waals surface area contributed by atoms with Gasteiger partial charge in [-0.05, 0) is 29.7 Å². The minimum Gasteiger partial charge on any atom is -0.507 e. The second kappa shape index (κ2) is 3.35.